The number of aliphatic imine (C=N–C) groups is 1. The highest BCUT2D eigenvalue weighted by Crippen LogP contribution is 2.23. The average molecular weight is 426 g/mol. The van der Waals surface area contributed by atoms with Crippen LogP contribution < -0.4 is 10.6 Å². The Morgan fingerprint density at radius 2 is 2.10 bits per heavy atom. The first kappa shape index (κ1) is 23.9. The van der Waals surface area contributed by atoms with Gasteiger partial charge >= 0.3 is 0 Å². The van der Waals surface area contributed by atoms with E-state index in [1.807, 2.05) is 12.1 Å². The van der Waals surface area contributed by atoms with Gasteiger partial charge in [0.25, 0.3) is 0 Å². The van der Waals surface area contributed by atoms with Crippen molar-refractivity contribution in [3.05, 3.63) is 34.9 Å². The molecule has 1 aromatic rings. The number of halogens is 1. The number of methoxy groups -OCH3 is 1. The van der Waals surface area contributed by atoms with Gasteiger partial charge in [-0.2, -0.15) is 0 Å². The second-order valence-electron chi connectivity index (χ2n) is 7.25. The van der Waals surface area contributed by atoms with Crippen molar-refractivity contribution in [1.29, 1.82) is 0 Å². The number of guanidine groups is 1. The molecule has 1 aromatic carbocycles. The fraction of sp³-hybridized carbons (Fsp3) is 0.667. The van der Waals surface area contributed by atoms with E-state index in [4.69, 9.17) is 21.1 Å². The Bertz CT molecular complexity index is 610. The van der Waals surface area contributed by atoms with Gasteiger partial charge in [-0.1, -0.05) is 23.7 Å². The number of morpholine rings is 1. The number of benzene rings is 1. The number of ether oxygens (including phenoxy) is 2. The van der Waals surface area contributed by atoms with E-state index < -0.39 is 0 Å². The molecule has 0 amide bonds. The molecule has 0 bridgehead atoms. The van der Waals surface area contributed by atoms with Gasteiger partial charge in [-0.25, -0.2) is 0 Å². The summed E-state index contributed by atoms with van der Waals surface area (Å²) in [5.41, 5.74) is 1.21. The third-order valence-electron chi connectivity index (χ3n) is 5.08. The average Bonchev–Trinajstić information content (AvgIpc) is 2.73. The van der Waals surface area contributed by atoms with Crippen LogP contribution in [0.1, 0.15) is 18.0 Å². The Hall–Kier alpha value is -1.38. The summed E-state index contributed by atoms with van der Waals surface area (Å²) in [5.74, 6) is 0.815. The fourth-order valence-corrected chi connectivity index (χ4v) is 3.63. The first-order chi connectivity index (χ1) is 14.1. The van der Waals surface area contributed by atoms with Gasteiger partial charge < -0.3 is 25.0 Å². The van der Waals surface area contributed by atoms with Crippen LogP contribution in [-0.4, -0.2) is 96.1 Å². The van der Waals surface area contributed by atoms with E-state index in [1.54, 1.807) is 14.2 Å². The zero-order valence-electron chi connectivity index (χ0n) is 18.0. The summed E-state index contributed by atoms with van der Waals surface area (Å²) in [6.07, 6.45) is 1.04. The predicted octanol–water partition coefficient (Wildman–Crippen LogP) is 1.85. The first-order valence-corrected chi connectivity index (χ1v) is 10.7. The SMILES string of the molecule is CN=C(NCCN(C)CCCOC)NCC(c1cccc(Cl)c1)N1CCOCC1. The molecule has 1 aliphatic heterocycles. The quantitative estimate of drug-likeness (QED) is 0.320. The Balaban J connectivity index is 1.86. The molecule has 0 saturated carbocycles. The Morgan fingerprint density at radius 1 is 1.31 bits per heavy atom. The van der Waals surface area contributed by atoms with Gasteiger partial charge in [0.1, 0.15) is 0 Å². The fourth-order valence-electron chi connectivity index (χ4n) is 3.43. The van der Waals surface area contributed by atoms with Crippen molar-refractivity contribution in [2.24, 2.45) is 4.99 Å². The smallest absolute Gasteiger partial charge is 0.191 e. The van der Waals surface area contributed by atoms with Crippen LogP contribution in [0.25, 0.3) is 0 Å². The third kappa shape index (κ3) is 8.88. The molecule has 0 spiro atoms. The van der Waals surface area contributed by atoms with Crippen molar-refractivity contribution in [2.45, 2.75) is 12.5 Å². The molecule has 1 fully saturated rings. The summed E-state index contributed by atoms with van der Waals surface area (Å²) in [7, 11) is 5.67. The number of rotatable bonds is 11. The molecule has 0 aromatic heterocycles. The topological polar surface area (TPSA) is 61.4 Å². The lowest BCUT2D eigenvalue weighted by Gasteiger charge is -2.35. The molecule has 7 nitrogen and oxygen atoms in total. The van der Waals surface area contributed by atoms with Gasteiger partial charge in [0, 0.05) is 65.1 Å². The lowest BCUT2D eigenvalue weighted by molar-refractivity contribution is 0.0170. The monoisotopic (exact) mass is 425 g/mol. The molecular formula is C21H36ClN5O2. The van der Waals surface area contributed by atoms with Gasteiger partial charge in [0.05, 0.1) is 19.3 Å². The number of nitrogens with zero attached hydrogens (tertiary/aromatic N) is 3. The summed E-state index contributed by atoms with van der Waals surface area (Å²) in [5, 5.41) is 7.66. The van der Waals surface area contributed by atoms with Gasteiger partial charge in [-0.3, -0.25) is 9.89 Å². The third-order valence-corrected chi connectivity index (χ3v) is 5.32. The minimum absolute atomic E-state index is 0.216. The summed E-state index contributed by atoms with van der Waals surface area (Å²) >= 11 is 6.25. The highest BCUT2D eigenvalue weighted by Gasteiger charge is 2.23. The summed E-state index contributed by atoms with van der Waals surface area (Å²) in [6, 6.07) is 8.33. The molecule has 1 heterocycles. The molecule has 1 aliphatic rings. The van der Waals surface area contributed by atoms with Gasteiger partial charge in [0.2, 0.25) is 0 Å². The van der Waals surface area contributed by atoms with Crippen LogP contribution in [0, 0.1) is 0 Å². The van der Waals surface area contributed by atoms with Crippen molar-refractivity contribution in [3.8, 4) is 0 Å². The van der Waals surface area contributed by atoms with E-state index in [9.17, 15) is 0 Å². The van der Waals surface area contributed by atoms with Crippen molar-refractivity contribution >= 4 is 17.6 Å². The molecular weight excluding hydrogens is 390 g/mol. The van der Waals surface area contributed by atoms with Crippen LogP contribution in [0.4, 0.5) is 0 Å². The standard InChI is InChI=1S/C21H36ClN5O2/c1-23-21(24-8-10-26(2)9-5-13-28-3)25-17-20(27-11-14-29-15-12-27)18-6-4-7-19(22)16-18/h4,6-7,16,20H,5,8-15,17H2,1-3H3,(H2,23,24,25). The largest absolute Gasteiger partial charge is 0.385 e. The zero-order chi connectivity index (χ0) is 20.9. The van der Waals surface area contributed by atoms with E-state index in [1.165, 1.54) is 5.56 Å². The predicted molar refractivity (Wildman–Crippen MR) is 120 cm³/mol. The van der Waals surface area contributed by atoms with Crippen molar-refractivity contribution < 1.29 is 9.47 Å². The van der Waals surface area contributed by atoms with E-state index >= 15 is 0 Å². The lowest BCUT2D eigenvalue weighted by atomic mass is 10.0. The molecule has 1 atom stereocenters. The van der Waals surface area contributed by atoms with Crippen molar-refractivity contribution in [3.63, 3.8) is 0 Å². The molecule has 0 radical (unpaired) electrons. The molecule has 29 heavy (non-hydrogen) atoms. The van der Waals surface area contributed by atoms with Crippen molar-refractivity contribution in [1.82, 2.24) is 20.4 Å². The molecule has 0 aliphatic carbocycles. The zero-order valence-corrected chi connectivity index (χ0v) is 18.7. The Labute approximate surface area is 180 Å². The van der Waals surface area contributed by atoms with E-state index in [2.05, 4.69) is 44.6 Å². The van der Waals surface area contributed by atoms with Crippen molar-refractivity contribution in [2.75, 3.05) is 80.3 Å². The van der Waals surface area contributed by atoms with E-state index in [0.717, 1.165) is 76.5 Å². The number of likely N-dealkylation sites (N-methyl/N-ethyl adjacent to an activating group) is 1. The normalized spacial score (nSPS) is 16.8. The summed E-state index contributed by atoms with van der Waals surface area (Å²) in [4.78, 5) is 9.11. The molecule has 2 rings (SSSR count). The first-order valence-electron chi connectivity index (χ1n) is 10.3. The maximum absolute atomic E-state index is 6.25. The van der Waals surface area contributed by atoms with Gasteiger partial charge in [-0.15, -0.1) is 0 Å². The lowest BCUT2D eigenvalue weighted by Crippen LogP contribution is -2.47. The highest BCUT2D eigenvalue weighted by atomic mass is 35.5. The van der Waals surface area contributed by atoms with E-state index in [0.29, 0.717) is 0 Å². The molecule has 164 valence electrons. The van der Waals surface area contributed by atoms with Gasteiger partial charge in [-0.05, 0) is 31.2 Å². The molecule has 1 unspecified atom stereocenters. The van der Waals surface area contributed by atoms with Crippen LogP contribution in [0.5, 0.6) is 0 Å². The Kier molecular flexibility index (Phi) is 11.3. The number of hydrogen-bond donors (Lipinski definition) is 2. The molecule has 2 N–H and O–H groups in total. The summed E-state index contributed by atoms with van der Waals surface area (Å²) in [6.45, 7) is 7.72. The molecule has 1 saturated heterocycles. The van der Waals surface area contributed by atoms with Crippen LogP contribution in [0.2, 0.25) is 5.02 Å². The van der Waals surface area contributed by atoms with Gasteiger partial charge in [0.15, 0.2) is 5.96 Å². The van der Waals surface area contributed by atoms with E-state index in [-0.39, 0.29) is 6.04 Å². The highest BCUT2D eigenvalue weighted by molar-refractivity contribution is 6.30. The Morgan fingerprint density at radius 3 is 2.79 bits per heavy atom. The van der Waals surface area contributed by atoms with Crippen LogP contribution in [-0.2, 0) is 9.47 Å². The van der Waals surface area contributed by atoms with Crippen LogP contribution in [0.15, 0.2) is 29.3 Å². The molecule has 8 heteroatoms. The minimum Gasteiger partial charge on any atom is -0.385 e. The second kappa shape index (κ2) is 13.8. The number of hydrogen-bond acceptors (Lipinski definition) is 5. The second-order valence-corrected chi connectivity index (χ2v) is 7.69. The number of nitrogens with one attached hydrogen (secondary N) is 2. The minimum atomic E-state index is 0.216. The maximum atomic E-state index is 6.25. The van der Waals surface area contributed by atoms with Crippen LogP contribution in [0.3, 0.4) is 0 Å². The van der Waals surface area contributed by atoms with Crippen LogP contribution >= 0.6 is 11.6 Å². The maximum Gasteiger partial charge on any atom is 0.191 e. The summed E-state index contributed by atoms with van der Waals surface area (Å²) < 4.78 is 10.6.